The zero-order chi connectivity index (χ0) is 12.3. The summed E-state index contributed by atoms with van der Waals surface area (Å²) in [5, 5.41) is 6.34. The average Bonchev–Trinajstić information content (AvgIpc) is 2.34. The number of amides is 1. The van der Waals surface area contributed by atoms with Gasteiger partial charge in [0.1, 0.15) is 0 Å². The van der Waals surface area contributed by atoms with Gasteiger partial charge in [-0.1, -0.05) is 12.1 Å². The molecule has 0 saturated heterocycles. The molecule has 1 heterocycles. The number of aryl methyl sites for hydroxylation is 1. The van der Waals surface area contributed by atoms with Crippen molar-refractivity contribution < 1.29 is 4.79 Å². The van der Waals surface area contributed by atoms with Gasteiger partial charge in [-0.3, -0.25) is 4.79 Å². The summed E-state index contributed by atoms with van der Waals surface area (Å²) in [6.07, 6.45) is 1.48. The van der Waals surface area contributed by atoms with Crippen molar-refractivity contribution in [3.8, 4) is 0 Å². The Labute approximate surface area is 102 Å². The fourth-order valence-electron chi connectivity index (χ4n) is 2.15. The predicted molar refractivity (Wildman–Crippen MR) is 68.9 cm³/mol. The summed E-state index contributed by atoms with van der Waals surface area (Å²) in [5.74, 6) is 0.207. The molecule has 4 nitrogen and oxygen atoms in total. The van der Waals surface area contributed by atoms with E-state index in [4.69, 9.17) is 0 Å². The molecule has 0 atom stereocenters. The van der Waals surface area contributed by atoms with E-state index in [9.17, 15) is 4.79 Å². The number of rotatable bonds is 4. The molecule has 0 spiro atoms. The van der Waals surface area contributed by atoms with Gasteiger partial charge in [-0.25, -0.2) is 0 Å². The molecule has 1 amide bonds. The molecule has 1 aromatic rings. The lowest BCUT2D eigenvalue weighted by molar-refractivity contribution is -0.118. The van der Waals surface area contributed by atoms with Gasteiger partial charge in [0.05, 0.1) is 0 Å². The largest absolute Gasteiger partial charge is 0.315 e. The zero-order valence-corrected chi connectivity index (χ0v) is 10.4. The van der Waals surface area contributed by atoms with E-state index < -0.39 is 0 Å². The lowest BCUT2D eigenvalue weighted by Gasteiger charge is -2.26. The molecule has 17 heavy (non-hydrogen) atoms. The predicted octanol–water partition coefficient (Wildman–Crippen LogP) is 0.862. The van der Waals surface area contributed by atoms with E-state index in [0.29, 0.717) is 6.42 Å². The Morgan fingerprint density at radius 3 is 2.94 bits per heavy atom. The molecule has 92 valence electrons. The van der Waals surface area contributed by atoms with E-state index in [2.05, 4.69) is 22.8 Å². The Bertz CT molecular complexity index is 417. The number of anilines is 1. The van der Waals surface area contributed by atoms with Gasteiger partial charge in [0, 0.05) is 32.4 Å². The number of hydrogen-bond acceptors (Lipinski definition) is 3. The first kappa shape index (κ1) is 12.1. The third kappa shape index (κ3) is 2.65. The highest BCUT2D eigenvalue weighted by Gasteiger charge is 2.20. The van der Waals surface area contributed by atoms with E-state index in [1.54, 1.807) is 4.90 Å². The minimum Gasteiger partial charge on any atom is -0.315 e. The van der Waals surface area contributed by atoms with Crippen LogP contribution in [0.4, 0.5) is 5.69 Å². The van der Waals surface area contributed by atoms with Crippen LogP contribution in [0, 0.1) is 0 Å². The van der Waals surface area contributed by atoms with Gasteiger partial charge in [-0.15, -0.1) is 0 Å². The third-order valence-electron chi connectivity index (χ3n) is 3.12. The Kier molecular flexibility index (Phi) is 3.76. The minimum atomic E-state index is 0.207. The molecule has 2 rings (SSSR count). The maximum atomic E-state index is 11.6. The van der Waals surface area contributed by atoms with Crippen molar-refractivity contribution in [1.29, 1.82) is 0 Å². The van der Waals surface area contributed by atoms with Crippen LogP contribution in [0.1, 0.15) is 17.5 Å². The lowest BCUT2D eigenvalue weighted by Crippen LogP contribution is -2.31. The van der Waals surface area contributed by atoms with Crippen LogP contribution in [0.5, 0.6) is 0 Å². The Balaban J connectivity index is 2.12. The van der Waals surface area contributed by atoms with E-state index in [1.807, 2.05) is 20.2 Å². The molecule has 1 aliphatic rings. The van der Waals surface area contributed by atoms with Crippen LogP contribution in [0.3, 0.4) is 0 Å². The number of carbonyl (C=O) groups excluding carboxylic acids is 1. The van der Waals surface area contributed by atoms with Crippen LogP contribution < -0.4 is 15.5 Å². The van der Waals surface area contributed by atoms with Crippen LogP contribution in [0.25, 0.3) is 0 Å². The van der Waals surface area contributed by atoms with Crippen molar-refractivity contribution in [2.75, 3.05) is 25.7 Å². The highest BCUT2D eigenvalue weighted by molar-refractivity contribution is 5.95. The molecule has 0 saturated carbocycles. The molecule has 0 unspecified atom stereocenters. The quantitative estimate of drug-likeness (QED) is 0.599. The van der Waals surface area contributed by atoms with Crippen molar-refractivity contribution in [2.24, 2.45) is 0 Å². The maximum Gasteiger partial charge on any atom is 0.227 e. The van der Waals surface area contributed by atoms with Gasteiger partial charge >= 0.3 is 0 Å². The van der Waals surface area contributed by atoms with Crippen LogP contribution in [0.2, 0.25) is 0 Å². The summed E-state index contributed by atoms with van der Waals surface area (Å²) in [6, 6.07) is 6.32. The molecular weight excluding hydrogens is 214 g/mol. The van der Waals surface area contributed by atoms with Gasteiger partial charge in [0.2, 0.25) is 5.91 Å². The maximum absolute atomic E-state index is 11.6. The van der Waals surface area contributed by atoms with Gasteiger partial charge in [-0.2, -0.15) is 0 Å². The first-order valence-corrected chi connectivity index (χ1v) is 5.96. The number of carbonyl (C=O) groups is 1. The monoisotopic (exact) mass is 233 g/mol. The van der Waals surface area contributed by atoms with Crippen molar-refractivity contribution in [3.63, 3.8) is 0 Å². The number of nitrogens with one attached hydrogen (secondary N) is 2. The zero-order valence-electron chi connectivity index (χ0n) is 10.4. The van der Waals surface area contributed by atoms with E-state index in [1.165, 1.54) is 11.1 Å². The normalized spacial score (nSPS) is 14.9. The second-order valence-electron chi connectivity index (χ2n) is 4.37. The highest BCUT2D eigenvalue weighted by atomic mass is 16.2. The molecule has 1 aromatic carbocycles. The van der Waals surface area contributed by atoms with Gasteiger partial charge in [-0.05, 0) is 30.7 Å². The van der Waals surface area contributed by atoms with Crippen molar-refractivity contribution in [2.45, 2.75) is 19.4 Å². The number of nitrogens with zero attached hydrogens (tertiary/aromatic N) is 1. The highest BCUT2D eigenvalue weighted by Crippen LogP contribution is 2.27. The first-order valence-electron chi connectivity index (χ1n) is 5.96. The second kappa shape index (κ2) is 5.29. The van der Waals surface area contributed by atoms with Crippen molar-refractivity contribution >= 4 is 11.6 Å². The fraction of sp³-hybridized carbons (Fsp3) is 0.462. The van der Waals surface area contributed by atoms with Gasteiger partial charge < -0.3 is 15.5 Å². The van der Waals surface area contributed by atoms with E-state index >= 15 is 0 Å². The van der Waals surface area contributed by atoms with E-state index in [-0.39, 0.29) is 5.91 Å². The average molecular weight is 233 g/mol. The summed E-state index contributed by atoms with van der Waals surface area (Å²) in [4.78, 5) is 13.3. The Hall–Kier alpha value is -1.39. The fourth-order valence-corrected chi connectivity index (χ4v) is 2.15. The SMILES string of the molecule is CNCNCc1ccc2c(c1)CCC(=O)N2C. The molecule has 2 N–H and O–H groups in total. The van der Waals surface area contributed by atoms with Gasteiger partial charge in [0.15, 0.2) is 0 Å². The van der Waals surface area contributed by atoms with Crippen LogP contribution in [0.15, 0.2) is 18.2 Å². The summed E-state index contributed by atoms with van der Waals surface area (Å²) < 4.78 is 0. The summed E-state index contributed by atoms with van der Waals surface area (Å²) in [6.45, 7) is 1.65. The molecule has 0 radical (unpaired) electrons. The van der Waals surface area contributed by atoms with Gasteiger partial charge in [0.25, 0.3) is 0 Å². The summed E-state index contributed by atoms with van der Waals surface area (Å²) in [5.41, 5.74) is 3.59. The minimum absolute atomic E-state index is 0.207. The Morgan fingerprint density at radius 2 is 2.18 bits per heavy atom. The molecule has 1 aliphatic heterocycles. The number of hydrogen-bond donors (Lipinski definition) is 2. The molecule has 0 aliphatic carbocycles. The Morgan fingerprint density at radius 1 is 1.35 bits per heavy atom. The number of benzene rings is 1. The molecule has 4 heteroatoms. The van der Waals surface area contributed by atoms with Crippen LogP contribution in [-0.4, -0.2) is 26.7 Å². The second-order valence-corrected chi connectivity index (χ2v) is 4.37. The first-order chi connectivity index (χ1) is 8.22. The molecule has 0 aromatic heterocycles. The summed E-state index contributed by atoms with van der Waals surface area (Å²) >= 11 is 0. The molecule has 0 bridgehead atoms. The van der Waals surface area contributed by atoms with Crippen molar-refractivity contribution in [3.05, 3.63) is 29.3 Å². The lowest BCUT2D eigenvalue weighted by atomic mass is 9.99. The van der Waals surface area contributed by atoms with E-state index in [0.717, 1.165) is 25.3 Å². The number of fused-ring (bicyclic) bond motifs is 1. The molecule has 0 fully saturated rings. The van der Waals surface area contributed by atoms with Crippen molar-refractivity contribution in [1.82, 2.24) is 10.6 Å². The van der Waals surface area contributed by atoms with Crippen LogP contribution in [-0.2, 0) is 17.8 Å². The third-order valence-corrected chi connectivity index (χ3v) is 3.12. The molecular formula is C13H19N3O. The van der Waals surface area contributed by atoms with Crippen LogP contribution >= 0.6 is 0 Å². The topological polar surface area (TPSA) is 44.4 Å². The smallest absolute Gasteiger partial charge is 0.227 e. The summed E-state index contributed by atoms with van der Waals surface area (Å²) in [7, 11) is 3.76. The standard InChI is InChI=1S/C13H19N3O/c1-14-9-15-8-10-3-5-12-11(7-10)4-6-13(17)16(12)2/h3,5,7,14-15H,4,6,8-9H2,1-2H3.